The van der Waals surface area contributed by atoms with Gasteiger partial charge in [-0.2, -0.15) is 0 Å². The Bertz CT molecular complexity index is 477. The quantitative estimate of drug-likeness (QED) is 0.616. The minimum Gasteiger partial charge on any atom is -0.346 e. The molecule has 28 heavy (non-hydrogen) atoms. The first-order valence-corrected chi connectivity index (χ1v) is 10.1. The Kier molecular flexibility index (Phi) is 12.6. The number of nitrogens with one attached hydrogen (secondary N) is 1. The molecule has 7 nitrogen and oxygen atoms in total. The largest absolute Gasteiger partial charge is 0.346 e. The van der Waals surface area contributed by atoms with E-state index in [2.05, 4.69) is 29.0 Å². The van der Waals surface area contributed by atoms with E-state index in [9.17, 15) is 9.59 Å². The summed E-state index contributed by atoms with van der Waals surface area (Å²) in [6, 6.07) is 0.817. The molecular weight excluding hydrogens is 401 g/mol. The third kappa shape index (κ3) is 7.67. The third-order valence-corrected chi connectivity index (χ3v) is 5.97. The maximum atomic E-state index is 12.3. The number of piperazine rings is 1. The van der Waals surface area contributed by atoms with Gasteiger partial charge in [0.15, 0.2) is 0 Å². The fourth-order valence-corrected chi connectivity index (χ4v) is 3.86. The second-order valence-corrected chi connectivity index (χ2v) is 8.22. The van der Waals surface area contributed by atoms with Crippen LogP contribution in [0, 0.1) is 5.92 Å². The van der Waals surface area contributed by atoms with Crippen molar-refractivity contribution in [3.8, 4) is 0 Å². The van der Waals surface area contributed by atoms with E-state index in [1.165, 1.54) is 12.8 Å². The molecule has 0 radical (unpaired) electrons. The number of halogens is 2. The van der Waals surface area contributed by atoms with Gasteiger partial charge in [-0.15, -0.1) is 24.8 Å². The molecule has 3 atom stereocenters. The Morgan fingerprint density at radius 2 is 1.54 bits per heavy atom. The highest BCUT2D eigenvalue weighted by molar-refractivity contribution is 5.87. The van der Waals surface area contributed by atoms with Gasteiger partial charge in [0.1, 0.15) is 0 Å². The molecule has 0 aromatic rings. The zero-order valence-electron chi connectivity index (χ0n) is 17.7. The van der Waals surface area contributed by atoms with Gasteiger partial charge in [0.2, 0.25) is 11.8 Å². The zero-order chi connectivity index (χ0) is 19.3. The van der Waals surface area contributed by atoms with E-state index in [4.69, 9.17) is 5.73 Å². The number of nitrogens with zero attached hydrogens (tertiary/aromatic N) is 3. The van der Waals surface area contributed by atoms with E-state index in [1.807, 2.05) is 18.7 Å². The molecule has 2 heterocycles. The maximum absolute atomic E-state index is 12.3. The van der Waals surface area contributed by atoms with Crippen molar-refractivity contribution in [3.05, 3.63) is 0 Å². The summed E-state index contributed by atoms with van der Waals surface area (Å²) in [7, 11) is 0. The van der Waals surface area contributed by atoms with Crippen molar-refractivity contribution in [2.45, 2.75) is 58.7 Å². The smallest absolute Gasteiger partial charge is 0.242 e. The lowest BCUT2D eigenvalue weighted by Gasteiger charge is -2.36. The molecule has 2 amide bonds. The summed E-state index contributed by atoms with van der Waals surface area (Å²) in [4.78, 5) is 31.1. The Morgan fingerprint density at radius 1 is 1.00 bits per heavy atom. The van der Waals surface area contributed by atoms with Crippen molar-refractivity contribution in [2.75, 3.05) is 45.8 Å². The van der Waals surface area contributed by atoms with E-state index < -0.39 is 6.04 Å². The molecule has 166 valence electrons. The standard InChI is InChI=1S/C19H37N5O2.2ClH/c1-14(2)18(20)19(26)21-13-17(25)23-10-7-22(8-11-23)9-12-24-15(3)5-6-16(24)4;;/h14-16,18H,5-13,20H2,1-4H3,(H,21,26);2*1H/t15?,16?,18-;;/m0../s1. The number of likely N-dealkylation sites (tertiary alicyclic amines) is 1. The molecule has 2 unspecified atom stereocenters. The van der Waals surface area contributed by atoms with Gasteiger partial charge in [0, 0.05) is 51.4 Å². The van der Waals surface area contributed by atoms with Crippen molar-refractivity contribution >= 4 is 36.6 Å². The van der Waals surface area contributed by atoms with Crippen LogP contribution in [0.3, 0.4) is 0 Å². The number of rotatable bonds is 7. The van der Waals surface area contributed by atoms with Crippen LogP contribution in [0.1, 0.15) is 40.5 Å². The number of amides is 2. The lowest BCUT2D eigenvalue weighted by atomic mass is 10.1. The van der Waals surface area contributed by atoms with Gasteiger partial charge < -0.3 is 16.0 Å². The van der Waals surface area contributed by atoms with Gasteiger partial charge in [-0.25, -0.2) is 0 Å². The lowest BCUT2D eigenvalue weighted by Crippen LogP contribution is -2.53. The second kappa shape index (κ2) is 12.9. The molecule has 3 N–H and O–H groups in total. The van der Waals surface area contributed by atoms with Crippen LogP contribution < -0.4 is 11.1 Å². The van der Waals surface area contributed by atoms with Crippen molar-refractivity contribution in [3.63, 3.8) is 0 Å². The third-order valence-electron chi connectivity index (χ3n) is 5.97. The predicted octanol–water partition coefficient (Wildman–Crippen LogP) is 0.947. The number of hydrogen-bond acceptors (Lipinski definition) is 5. The minimum atomic E-state index is -0.560. The van der Waals surface area contributed by atoms with Crippen LogP contribution in [0.15, 0.2) is 0 Å². The van der Waals surface area contributed by atoms with Crippen molar-refractivity contribution in [2.24, 2.45) is 11.7 Å². The van der Waals surface area contributed by atoms with Crippen LogP contribution in [0.2, 0.25) is 0 Å². The highest BCUT2D eigenvalue weighted by atomic mass is 35.5. The molecule has 2 aliphatic rings. The topological polar surface area (TPSA) is 81.9 Å². The molecule has 0 aromatic carbocycles. The SMILES string of the molecule is CC(C)[C@H](N)C(=O)NCC(=O)N1CCN(CCN2C(C)CCC2C)CC1.Cl.Cl. The van der Waals surface area contributed by atoms with Gasteiger partial charge in [0.05, 0.1) is 12.6 Å². The molecule has 0 spiro atoms. The first kappa shape index (κ1) is 27.4. The van der Waals surface area contributed by atoms with Crippen molar-refractivity contribution in [1.29, 1.82) is 0 Å². The Morgan fingerprint density at radius 3 is 2.04 bits per heavy atom. The summed E-state index contributed by atoms with van der Waals surface area (Å²) in [5.41, 5.74) is 5.80. The van der Waals surface area contributed by atoms with Crippen LogP contribution in [-0.4, -0.2) is 90.5 Å². The normalized spacial score (nSPS) is 24.4. The summed E-state index contributed by atoms with van der Waals surface area (Å²) in [6.07, 6.45) is 2.60. The summed E-state index contributed by atoms with van der Waals surface area (Å²) in [6.45, 7) is 13.9. The number of hydrogen-bond donors (Lipinski definition) is 2. The zero-order valence-corrected chi connectivity index (χ0v) is 19.4. The Labute approximate surface area is 182 Å². The van der Waals surface area contributed by atoms with Crippen LogP contribution in [0.4, 0.5) is 0 Å². The average Bonchev–Trinajstić information content (AvgIpc) is 2.95. The van der Waals surface area contributed by atoms with Gasteiger partial charge in [0.25, 0.3) is 0 Å². The Balaban J connectivity index is 0.00000364. The molecular formula is C19H39Cl2N5O2. The molecule has 2 saturated heterocycles. The van der Waals surface area contributed by atoms with E-state index in [0.717, 1.165) is 39.3 Å². The highest BCUT2D eigenvalue weighted by Crippen LogP contribution is 2.22. The van der Waals surface area contributed by atoms with E-state index in [1.54, 1.807) is 0 Å². The van der Waals surface area contributed by atoms with Gasteiger partial charge in [-0.1, -0.05) is 13.8 Å². The average molecular weight is 440 g/mol. The Hall–Kier alpha value is -0.600. The number of carbonyl (C=O) groups excluding carboxylic acids is 2. The van der Waals surface area contributed by atoms with E-state index in [0.29, 0.717) is 12.1 Å². The van der Waals surface area contributed by atoms with Gasteiger partial charge in [-0.05, 0) is 32.6 Å². The number of nitrogens with two attached hydrogens (primary N) is 1. The summed E-state index contributed by atoms with van der Waals surface area (Å²) in [5, 5.41) is 2.67. The van der Waals surface area contributed by atoms with Crippen LogP contribution in [0.25, 0.3) is 0 Å². The lowest BCUT2D eigenvalue weighted by molar-refractivity contribution is -0.134. The summed E-state index contributed by atoms with van der Waals surface area (Å²) in [5.74, 6) is -0.203. The molecule has 2 aliphatic heterocycles. The van der Waals surface area contributed by atoms with Crippen LogP contribution in [0.5, 0.6) is 0 Å². The van der Waals surface area contributed by atoms with Crippen LogP contribution >= 0.6 is 24.8 Å². The molecule has 0 bridgehead atoms. The molecule has 0 aromatic heterocycles. The van der Waals surface area contributed by atoms with Gasteiger partial charge in [-0.3, -0.25) is 19.4 Å². The van der Waals surface area contributed by atoms with E-state index >= 15 is 0 Å². The van der Waals surface area contributed by atoms with Crippen LogP contribution in [-0.2, 0) is 9.59 Å². The predicted molar refractivity (Wildman–Crippen MR) is 118 cm³/mol. The van der Waals surface area contributed by atoms with Crippen molar-refractivity contribution < 1.29 is 9.59 Å². The molecule has 9 heteroatoms. The highest BCUT2D eigenvalue weighted by Gasteiger charge is 2.28. The maximum Gasteiger partial charge on any atom is 0.242 e. The molecule has 2 rings (SSSR count). The summed E-state index contributed by atoms with van der Waals surface area (Å²) < 4.78 is 0. The number of carbonyl (C=O) groups is 2. The first-order chi connectivity index (χ1) is 12.3. The molecule has 0 saturated carbocycles. The second-order valence-electron chi connectivity index (χ2n) is 8.22. The monoisotopic (exact) mass is 439 g/mol. The first-order valence-electron chi connectivity index (χ1n) is 10.1. The summed E-state index contributed by atoms with van der Waals surface area (Å²) >= 11 is 0. The van der Waals surface area contributed by atoms with Gasteiger partial charge >= 0.3 is 0 Å². The minimum absolute atomic E-state index is 0. The molecule has 0 aliphatic carbocycles. The fraction of sp³-hybridized carbons (Fsp3) is 0.895. The van der Waals surface area contributed by atoms with E-state index in [-0.39, 0.29) is 49.1 Å². The fourth-order valence-electron chi connectivity index (χ4n) is 3.86. The van der Waals surface area contributed by atoms with Crippen molar-refractivity contribution in [1.82, 2.24) is 20.0 Å². The molecule has 2 fully saturated rings.